The number of aliphatic hydroxyl groups excluding tert-OH is 1. The summed E-state index contributed by atoms with van der Waals surface area (Å²) in [5, 5.41) is 23.2. The van der Waals surface area contributed by atoms with Gasteiger partial charge in [-0.15, -0.1) is 0 Å². The molecule has 0 saturated carbocycles. The van der Waals surface area contributed by atoms with Gasteiger partial charge in [-0.3, -0.25) is 0 Å². The summed E-state index contributed by atoms with van der Waals surface area (Å²) in [4.78, 5) is 0. The Morgan fingerprint density at radius 3 is 2.83 bits per heavy atom. The predicted molar refractivity (Wildman–Crippen MR) is 66.0 cm³/mol. The quantitative estimate of drug-likeness (QED) is 0.748. The lowest BCUT2D eigenvalue weighted by Gasteiger charge is -2.33. The summed E-state index contributed by atoms with van der Waals surface area (Å²) in [6.45, 7) is -1.36. The van der Waals surface area contributed by atoms with Crippen LogP contribution >= 0.6 is 0 Å². The maximum Gasteiger partial charge on any atom is 0.135 e. The van der Waals surface area contributed by atoms with Crippen LogP contribution in [0, 0.1) is 0 Å². The molecule has 98 valence electrons. The number of fused-ring (bicyclic) bond motifs is 1. The van der Waals surface area contributed by atoms with Gasteiger partial charge in [0.1, 0.15) is 17.9 Å². The molecule has 0 aliphatic rings. The maximum atomic E-state index is 13.2. The summed E-state index contributed by atoms with van der Waals surface area (Å²) < 4.78 is 18.5. The van der Waals surface area contributed by atoms with Crippen molar-refractivity contribution in [2.75, 3.05) is 20.3 Å². The molecule has 1 aromatic carbocycles. The number of hydrogen-bond acceptors (Lipinski definition) is 4. The van der Waals surface area contributed by atoms with Gasteiger partial charge in [-0.25, -0.2) is 4.39 Å². The third-order valence-corrected chi connectivity index (χ3v) is 3.27. The predicted octanol–water partition coefficient (Wildman–Crippen LogP) is 1.17. The number of aliphatic hydroxyl groups is 2. The Bertz CT molecular complexity index is 524. The van der Waals surface area contributed by atoms with Crippen LogP contribution in [0.5, 0.6) is 0 Å². The first-order valence-corrected chi connectivity index (χ1v) is 5.70. The molecule has 0 spiro atoms. The number of nitrogens with one attached hydrogen (secondary N) is 1. The summed E-state index contributed by atoms with van der Waals surface area (Å²) in [6, 6.07) is 5.98. The molecule has 18 heavy (non-hydrogen) atoms. The Balaban J connectivity index is 2.47. The minimum atomic E-state index is -1.77. The van der Waals surface area contributed by atoms with Gasteiger partial charge in [0.25, 0.3) is 0 Å². The molecule has 2 atom stereocenters. The first-order chi connectivity index (χ1) is 8.65. The molecule has 3 N–H and O–H groups in total. The Labute approximate surface area is 104 Å². The zero-order valence-corrected chi connectivity index (χ0v) is 10.1. The normalized spacial score (nSPS) is 16.7. The van der Waals surface area contributed by atoms with Crippen LogP contribution in [0.2, 0.25) is 0 Å². The topological polar surface area (TPSA) is 65.6 Å². The van der Waals surface area contributed by atoms with Crippen molar-refractivity contribution in [2.45, 2.75) is 11.6 Å². The zero-order chi connectivity index (χ0) is 13.2. The van der Waals surface area contributed by atoms with Crippen molar-refractivity contribution >= 4 is 11.0 Å². The molecule has 0 aliphatic carbocycles. The maximum absolute atomic E-state index is 13.2. The molecule has 4 nitrogen and oxygen atoms in total. The lowest BCUT2D eigenvalue weighted by atomic mass is 9.87. The minimum Gasteiger partial charge on any atom is -0.464 e. The molecule has 0 amide bonds. The van der Waals surface area contributed by atoms with E-state index in [1.807, 2.05) is 0 Å². The summed E-state index contributed by atoms with van der Waals surface area (Å²) >= 11 is 0. The molecule has 1 heterocycles. The van der Waals surface area contributed by atoms with Crippen LogP contribution in [-0.2, 0) is 5.60 Å². The third kappa shape index (κ3) is 2.01. The van der Waals surface area contributed by atoms with Crippen molar-refractivity contribution in [2.24, 2.45) is 0 Å². The lowest BCUT2D eigenvalue weighted by Crippen LogP contribution is -2.51. The van der Waals surface area contributed by atoms with Crippen LogP contribution in [0.1, 0.15) is 5.56 Å². The van der Waals surface area contributed by atoms with Crippen LogP contribution < -0.4 is 5.32 Å². The van der Waals surface area contributed by atoms with Gasteiger partial charge in [0, 0.05) is 5.39 Å². The Hall–Kier alpha value is -1.43. The molecule has 0 aliphatic heterocycles. The number of rotatable bonds is 5. The number of halogens is 1. The van der Waals surface area contributed by atoms with Crippen molar-refractivity contribution in [3.63, 3.8) is 0 Å². The van der Waals surface area contributed by atoms with E-state index in [1.165, 1.54) is 6.26 Å². The van der Waals surface area contributed by atoms with Crippen LogP contribution in [0.3, 0.4) is 0 Å². The van der Waals surface area contributed by atoms with Gasteiger partial charge in [0.15, 0.2) is 0 Å². The van der Waals surface area contributed by atoms with Crippen LogP contribution in [0.25, 0.3) is 11.0 Å². The van der Waals surface area contributed by atoms with Crippen molar-refractivity contribution in [1.82, 2.24) is 5.32 Å². The number of likely N-dealkylation sites (N-methyl/N-ethyl adjacent to an activating group) is 1. The monoisotopic (exact) mass is 253 g/mol. The lowest BCUT2D eigenvalue weighted by molar-refractivity contribution is -0.0386. The number of benzene rings is 1. The standard InChI is InChI=1S/C13H16FNO3/c1-15-12(7-16)13(17,8-14)10-3-2-9-4-5-18-11(9)6-10/h2-6,12,15-17H,7-8H2,1H3/t12-,13+/m1/s1. The van der Waals surface area contributed by atoms with Gasteiger partial charge in [-0.1, -0.05) is 12.1 Å². The highest BCUT2D eigenvalue weighted by Gasteiger charge is 2.38. The first-order valence-electron chi connectivity index (χ1n) is 5.70. The first kappa shape index (κ1) is 13.0. The second kappa shape index (κ2) is 5.06. The number of alkyl halides is 1. The fourth-order valence-corrected chi connectivity index (χ4v) is 2.08. The van der Waals surface area contributed by atoms with Gasteiger partial charge in [0.2, 0.25) is 0 Å². The highest BCUT2D eigenvalue weighted by atomic mass is 19.1. The number of furan rings is 1. The molecule has 1 aromatic heterocycles. The Kier molecular flexibility index (Phi) is 3.65. The molecule has 0 radical (unpaired) electrons. The van der Waals surface area contributed by atoms with Crippen LogP contribution in [0.4, 0.5) is 4.39 Å². The van der Waals surface area contributed by atoms with Crippen molar-refractivity contribution in [3.05, 3.63) is 36.1 Å². The molecular formula is C13H16FNO3. The molecular weight excluding hydrogens is 237 g/mol. The molecule has 0 bridgehead atoms. The summed E-state index contributed by atoms with van der Waals surface area (Å²) in [5.41, 5.74) is -0.821. The van der Waals surface area contributed by atoms with E-state index >= 15 is 0 Å². The second-order valence-electron chi connectivity index (χ2n) is 4.25. The second-order valence-corrected chi connectivity index (χ2v) is 4.25. The van der Waals surface area contributed by atoms with E-state index in [9.17, 15) is 14.6 Å². The van der Waals surface area contributed by atoms with Crippen molar-refractivity contribution in [1.29, 1.82) is 0 Å². The highest BCUT2D eigenvalue weighted by Crippen LogP contribution is 2.29. The van der Waals surface area contributed by atoms with Gasteiger partial charge in [0.05, 0.1) is 18.9 Å². The molecule has 0 unspecified atom stereocenters. The SMILES string of the molecule is CN[C@H](CO)[C@](O)(CF)c1ccc2ccoc2c1. The van der Waals surface area contributed by atoms with Gasteiger partial charge in [-0.05, 0) is 24.7 Å². The van der Waals surface area contributed by atoms with Crippen LogP contribution in [-0.4, -0.2) is 36.6 Å². The van der Waals surface area contributed by atoms with Gasteiger partial charge < -0.3 is 19.9 Å². The number of hydrogen-bond donors (Lipinski definition) is 3. The zero-order valence-electron chi connectivity index (χ0n) is 10.1. The average Bonchev–Trinajstić information content (AvgIpc) is 2.86. The van der Waals surface area contributed by atoms with E-state index < -0.39 is 18.3 Å². The van der Waals surface area contributed by atoms with Crippen LogP contribution in [0.15, 0.2) is 34.9 Å². The molecule has 0 fully saturated rings. The summed E-state index contributed by atoms with van der Waals surface area (Å²) in [7, 11) is 1.56. The van der Waals surface area contributed by atoms with E-state index in [-0.39, 0.29) is 6.61 Å². The molecule has 2 aromatic rings. The fraction of sp³-hybridized carbons (Fsp3) is 0.385. The van der Waals surface area contributed by atoms with Gasteiger partial charge >= 0.3 is 0 Å². The van der Waals surface area contributed by atoms with Gasteiger partial charge in [-0.2, -0.15) is 0 Å². The van der Waals surface area contributed by atoms with E-state index in [1.54, 1.807) is 31.3 Å². The third-order valence-electron chi connectivity index (χ3n) is 3.27. The molecule has 2 rings (SSSR count). The minimum absolute atomic E-state index is 0.368. The van der Waals surface area contributed by atoms with Crippen molar-refractivity contribution < 1.29 is 19.0 Å². The fourth-order valence-electron chi connectivity index (χ4n) is 2.08. The largest absolute Gasteiger partial charge is 0.464 e. The van der Waals surface area contributed by atoms with E-state index in [0.29, 0.717) is 11.1 Å². The van der Waals surface area contributed by atoms with E-state index in [4.69, 9.17) is 4.42 Å². The summed E-state index contributed by atoms with van der Waals surface area (Å²) in [6.07, 6.45) is 1.53. The molecule has 5 heteroatoms. The smallest absolute Gasteiger partial charge is 0.135 e. The van der Waals surface area contributed by atoms with E-state index in [0.717, 1.165) is 5.39 Å². The summed E-state index contributed by atoms with van der Waals surface area (Å²) in [5.74, 6) is 0. The average molecular weight is 253 g/mol. The Morgan fingerprint density at radius 2 is 2.22 bits per heavy atom. The van der Waals surface area contributed by atoms with E-state index in [2.05, 4.69) is 5.32 Å². The Morgan fingerprint density at radius 1 is 1.44 bits per heavy atom. The highest BCUT2D eigenvalue weighted by molar-refractivity contribution is 5.77. The van der Waals surface area contributed by atoms with Crippen molar-refractivity contribution in [3.8, 4) is 0 Å². The molecule has 0 saturated heterocycles.